The number of H-pyrrole nitrogens is 1. The van der Waals surface area contributed by atoms with Crippen LogP contribution in [0.4, 0.5) is 0 Å². The third-order valence-electron chi connectivity index (χ3n) is 4.05. The van der Waals surface area contributed by atoms with Gasteiger partial charge in [0.1, 0.15) is 10.7 Å². The Morgan fingerprint density at radius 2 is 2.00 bits per heavy atom. The Kier molecular flexibility index (Phi) is 3.42. The molecule has 1 heterocycles. The molecule has 3 heteroatoms. The quantitative estimate of drug-likeness (QED) is 0.786. The van der Waals surface area contributed by atoms with E-state index in [0.29, 0.717) is 16.1 Å². The maximum absolute atomic E-state index is 9.37. The van der Waals surface area contributed by atoms with E-state index in [0.717, 1.165) is 36.1 Å². The molecule has 0 aliphatic heterocycles. The Balaban J connectivity index is 2.29. The van der Waals surface area contributed by atoms with Crippen LogP contribution in [0.2, 0.25) is 0 Å². The van der Waals surface area contributed by atoms with Crippen molar-refractivity contribution in [2.45, 2.75) is 26.2 Å². The molecular weight excluding hydrogens is 264 g/mol. The molecule has 100 valence electrons. The van der Waals surface area contributed by atoms with Crippen LogP contribution in [-0.4, -0.2) is 4.98 Å². The number of benzene rings is 1. The van der Waals surface area contributed by atoms with Gasteiger partial charge < -0.3 is 4.98 Å². The molecule has 1 aliphatic rings. The van der Waals surface area contributed by atoms with Crippen molar-refractivity contribution in [2.75, 3.05) is 0 Å². The number of fused-ring (bicyclic) bond motifs is 1. The minimum Gasteiger partial charge on any atom is -0.345 e. The van der Waals surface area contributed by atoms with Gasteiger partial charge in [0, 0.05) is 5.69 Å². The minimum absolute atomic E-state index is 0.569. The lowest BCUT2D eigenvalue weighted by atomic mass is 9.81. The van der Waals surface area contributed by atoms with Gasteiger partial charge in [-0.25, -0.2) is 0 Å². The van der Waals surface area contributed by atoms with E-state index in [-0.39, 0.29) is 0 Å². The number of nitriles is 1. The van der Waals surface area contributed by atoms with Crippen molar-refractivity contribution in [2.24, 2.45) is 5.92 Å². The molecule has 1 N–H and O–H groups in total. The first kappa shape index (κ1) is 13.1. The van der Waals surface area contributed by atoms with Gasteiger partial charge in [-0.15, -0.1) is 0 Å². The lowest BCUT2D eigenvalue weighted by molar-refractivity contribution is 0.500. The van der Waals surface area contributed by atoms with Crippen LogP contribution in [0.15, 0.2) is 30.3 Å². The Hall–Kier alpha value is -1.92. The summed E-state index contributed by atoms with van der Waals surface area (Å²) in [5.74, 6) is 0.654. The molecule has 20 heavy (non-hydrogen) atoms. The topological polar surface area (TPSA) is 39.6 Å². The summed E-state index contributed by atoms with van der Waals surface area (Å²) in [6.45, 7) is 2.27. The van der Waals surface area contributed by atoms with Crippen LogP contribution < -0.4 is 0 Å². The van der Waals surface area contributed by atoms with Gasteiger partial charge in [-0.05, 0) is 41.9 Å². The first-order valence-electron chi connectivity index (χ1n) is 6.94. The van der Waals surface area contributed by atoms with Crippen LogP contribution in [0.1, 0.15) is 30.0 Å². The van der Waals surface area contributed by atoms with Gasteiger partial charge in [0.15, 0.2) is 0 Å². The summed E-state index contributed by atoms with van der Waals surface area (Å²) >= 11 is 5.38. The molecule has 0 saturated carbocycles. The van der Waals surface area contributed by atoms with Crippen molar-refractivity contribution in [3.63, 3.8) is 0 Å². The van der Waals surface area contributed by atoms with Crippen LogP contribution in [0.3, 0.4) is 0 Å². The number of hydrogen-bond donors (Lipinski definition) is 1. The van der Waals surface area contributed by atoms with E-state index in [9.17, 15) is 5.26 Å². The molecule has 0 spiro atoms. The minimum atomic E-state index is 0.569. The van der Waals surface area contributed by atoms with E-state index < -0.39 is 0 Å². The molecule has 1 atom stereocenters. The number of rotatable bonds is 1. The molecule has 2 nitrogen and oxygen atoms in total. The third kappa shape index (κ3) is 2.17. The highest BCUT2D eigenvalue weighted by molar-refractivity contribution is 7.71. The molecule has 1 aromatic heterocycles. The lowest BCUT2D eigenvalue weighted by Crippen LogP contribution is -2.15. The number of aromatic amines is 1. The fourth-order valence-electron chi connectivity index (χ4n) is 3.00. The van der Waals surface area contributed by atoms with Crippen LogP contribution in [0, 0.1) is 21.9 Å². The monoisotopic (exact) mass is 280 g/mol. The van der Waals surface area contributed by atoms with E-state index in [4.69, 9.17) is 12.2 Å². The number of pyridine rings is 1. The zero-order valence-corrected chi connectivity index (χ0v) is 12.3. The molecule has 0 saturated heterocycles. The van der Waals surface area contributed by atoms with Gasteiger partial charge in [0.05, 0.1) is 5.56 Å². The summed E-state index contributed by atoms with van der Waals surface area (Å²) in [6.07, 6.45) is 3.10. The zero-order valence-electron chi connectivity index (χ0n) is 11.4. The van der Waals surface area contributed by atoms with E-state index in [1.165, 1.54) is 5.56 Å². The summed E-state index contributed by atoms with van der Waals surface area (Å²) in [5.41, 5.74) is 5.35. The molecule has 3 rings (SSSR count). The highest BCUT2D eigenvalue weighted by Gasteiger charge is 2.23. The third-order valence-corrected chi connectivity index (χ3v) is 4.35. The predicted molar refractivity (Wildman–Crippen MR) is 83.0 cm³/mol. The molecule has 0 fully saturated rings. The summed E-state index contributed by atoms with van der Waals surface area (Å²) in [7, 11) is 0. The van der Waals surface area contributed by atoms with E-state index in [1.807, 2.05) is 18.2 Å². The average Bonchev–Trinajstić information content (AvgIpc) is 2.48. The van der Waals surface area contributed by atoms with E-state index >= 15 is 0 Å². The number of aromatic nitrogens is 1. The van der Waals surface area contributed by atoms with Crippen molar-refractivity contribution in [1.82, 2.24) is 4.98 Å². The summed E-state index contributed by atoms with van der Waals surface area (Å²) in [6, 6.07) is 12.5. The first-order chi connectivity index (χ1) is 9.70. The zero-order chi connectivity index (χ0) is 14.1. The second-order valence-corrected chi connectivity index (χ2v) is 5.90. The second kappa shape index (κ2) is 5.22. The molecule has 0 bridgehead atoms. The molecule has 1 unspecified atom stereocenters. The molecular formula is C17H16N2S. The normalized spacial score (nSPS) is 17.3. The van der Waals surface area contributed by atoms with Crippen molar-refractivity contribution >= 4 is 12.2 Å². The Morgan fingerprint density at radius 3 is 2.70 bits per heavy atom. The SMILES string of the molecule is CC1CCc2c(c(-c3ccccc3)[nH]c(=S)c2C#N)C1. The van der Waals surface area contributed by atoms with Gasteiger partial charge in [0.2, 0.25) is 0 Å². The maximum Gasteiger partial charge on any atom is 0.121 e. The summed E-state index contributed by atoms with van der Waals surface area (Å²) in [4.78, 5) is 3.28. The summed E-state index contributed by atoms with van der Waals surface area (Å²) in [5, 5.41) is 9.37. The second-order valence-electron chi connectivity index (χ2n) is 5.49. The van der Waals surface area contributed by atoms with Gasteiger partial charge in [0.25, 0.3) is 0 Å². The summed E-state index contributed by atoms with van der Waals surface area (Å²) < 4.78 is 0.569. The van der Waals surface area contributed by atoms with Crippen molar-refractivity contribution in [1.29, 1.82) is 5.26 Å². The standard InChI is InChI=1S/C17H16N2S/c1-11-7-8-13-14(9-11)16(12-5-3-2-4-6-12)19-17(20)15(13)10-18/h2-6,11H,7-9H2,1H3,(H,19,20). The molecule has 1 aliphatic carbocycles. The molecule has 1 aromatic carbocycles. The highest BCUT2D eigenvalue weighted by Crippen LogP contribution is 2.34. The first-order valence-corrected chi connectivity index (χ1v) is 7.35. The van der Waals surface area contributed by atoms with Gasteiger partial charge >= 0.3 is 0 Å². The van der Waals surface area contributed by atoms with Crippen LogP contribution in [0.5, 0.6) is 0 Å². The molecule has 2 aromatic rings. The fraction of sp³-hybridized carbons (Fsp3) is 0.294. The molecule has 0 amide bonds. The van der Waals surface area contributed by atoms with Crippen molar-refractivity contribution < 1.29 is 0 Å². The van der Waals surface area contributed by atoms with Crippen molar-refractivity contribution in [3.8, 4) is 17.3 Å². The Morgan fingerprint density at radius 1 is 1.25 bits per heavy atom. The lowest BCUT2D eigenvalue weighted by Gasteiger charge is -2.25. The largest absolute Gasteiger partial charge is 0.345 e. The predicted octanol–water partition coefficient (Wildman–Crippen LogP) is 4.41. The van der Waals surface area contributed by atoms with E-state index in [2.05, 4.69) is 30.1 Å². The Labute approximate surface area is 124 Å². The van der Waals surface area contributed by atoms with Crippen LogP contribution in [-0.2, 0) is 12.8 Å². The van der Waals surface area contributed by atoms with Crippen LogP contribution in [0.25, 0.3) is 11.3 Å². The van der Waals surface area contributed by atoms with Gasteiger partial charge in [-0.2, -0.15) is 5.26 Å². The number of nitrogens with one attached hydrogen (secondary N) is 1. The van der Waals surface area contributed by atoms with Crippen LogP contribution >= 0.6 is 12.2 Å². The fourth-order valence-corrected chi connectivity index (χ4v) is 3.27. The van der Waals surface area contributed by atoms with Gasteiger partial charge in [-0.1, -0.05) is 49.5 Å². The average molecular weight is 280 g/mol. The highest BCUT2D eigenvalue weighted by atomic mass is 32.1. The number of nitrogens with zero attached hydrogens (tertiary/aromatic N) is 1. The Bertz CT molecular complexity index is 738. The molecule has 0 radical (unpaired) electrons. The smallest absolute Gasteiger partial charge is 0.121 e. The van der Waals surface area contributed by atoms with Gasteiger partial charge in [-0.3, -0.25) is 0 Å². The van der Waals surface area contributed by atoms with E-state index in [1.54, 1.807) is 0 Å². The van der Waals surface area contributed by atoms with Crippen molar-refractivity contribution in [3.05, 3.63) is 51.7 Å². The maximum atomic E-state index is 9.37. The number of hydrogen-bond acceptors (Lipinski definition) is 2.